The molecule has 0 saturated carbocycles. The first-order valence-corrected chi connectivity index (χ1v) is 6.15. The van der Waals surface area contributed by atoms with Crippen LogP contribution in [0.15, 0.2) is 24.3 Å². The van der Waals surface area contributed by atoms with Crippen molar-refractivity contribution in [3.05, 3.63) is 35.4 Å². The summed E-state index contributed by atoms with van der Waals surface area (Å²) in [6.45, 7) is 0.204. The highest BCUT2D eigenvalue weighted by molar-refractivity contribution is 5.27. The van der Waals surface area contributed by atoms with Crippen LogP contribution in [0.1, 0.15) is 30.0 Å². The highest BCUT2D eigenvalue weighted by Crippen LogP contribution is 2.38. The summed E-state index contributed by atoms with van der Waals surface area (Å²) < 4.78 is 75.3. The maximum atomic E-state index is 12.7. The summed E-state index contributed by atoms with van der Waals surface area (Å²) in [4.78, 5) is 0. The van der Waals surface area contributed by atoms with E-state index in [0.29, 0.717) is 5.56 Å². The fourth-order valence-corrected chi connectivity index (χ4v) is 2.37. The molecule has 0 aliphatic carbocycles. The van der Waals surface area contributed by atoms with Crippen molar-refractivity contribution >= 4 is 0 Å². The fraction of sp³-hybridized carbons (Fsp3) is 0.538. The molecule has 1 fully saturated rings. The molecule has 7 heteroatoms. The Kier molecular flexibility index (Phi) is 4.00. The van der Waals surface area contributed by atoms with Gasteiger partial charge in [0.15, 0.2) is 0 Å². The Bertz CT molecular complexity index is 447. The summed E-state index contributed by atoms with van der Waals surface area (Å²) in [6.07, 6.45) is -8.84. The Labute approximate surface area is 112 Å². The van der Waals surface area contributed by atoms with E-state index < -0.39 is 29.9 Å². The number of hydrogen-bond donors (Lipinski definition) is 1. The number of nitrogens with one attached hydrogen (secondary N) is 1. The Morgan fingerprint density at radius 3 is 2.05 bits per heavy atom. The average molecular weight is 297 g/mol. The molecule has 0 amide bonds. The second-order valence-corrected chi connectivity index (χ2v) is 4.89. The molecule has 2 atom stereocenters. The monoisotopic (exact) mass is 297 g/mol. The van der Waals surface area contributed by atoms with Crippen molar-refractivity contribution in [1.29, 1.82) is 0 Å². The van der Waals surface area contributed by atoms with Crippen molar-refractivity contribution in [2.24, 2.45) is 5.92 Å². The lowest BCUT2D eigenvalue weighted by molar-refractivity contribution is -0.183. The highest BCUT2D eigenvalue weighted by Gasteiger charge is 2.42. The van der Waals surface area contributed by atoms with Crippen LogP contribution in [0.25, 0.3) is 0 Å². The maximum Gasteiger partial charge on any atom is 0.416 e. The first-order chi connectivity index (χ1) is 9.18. The Morgan fingerprint density at radius 2 is 1.55 bits per heavy atom. The molecule has 1 N–H and O–H groups in total. The van der Waals surface area contributed by atoms with E-state index in [9.17, 15) is 26.3 Å². The molecule has 0 aromatic heterocycles. The van der Waals surface area contributed by atoms with E-state index >= 15 is 0 Å². The van der Waals surface area contributed by atoms with Crippen LogP contribution in [0.2, 0.25) is 0 Å². The van der Waals surface area contributed by atoms with Crippen LogP contribution in [0.5, 0.6) is 0 Å². The molecule has 1 aromatic rings. The van der Waals surface area contributed by atoms with E-state index in [4.69, 9.17) is 0 Å². The van der Waals surface area contributed by atoms with Crippen LogP contribution in [0.4, 0.5) is 26.3 Å². The molecule has 2 unspecified atom stereocenters. The van der Waals surface area contributed by atoms with Gasteiger partial charge in [-0.1, -0.05) is 12.1 Å². The lowest BCUT2D eigenvalue weighted by Crippen LogP contribution is -2.38. The van der Waals surface area contributed by atoms with Crippen LogP contribution < -0.4 is 5.32 Å². The molecule has 1 aromatic carbocycles. The molecular formula is C13H13F6N. The zero-order chi connectivity index (χ0) is 15.0. The predicted molar refractivity (Wildman–Crippen MR) is 61.0 cm³/mol. The molecule has 112 valence electrons. The van der Waals surface area contributed by atoms with Gasteiger partial charge < -0.3 is 5.32 Å². The van der Waals surface area contributed by atoms with Crippen molar-refractivity contribution in [3.63, 3.8) is 0 Å². The second kappa shape index (κ2) is 5.27. The van der Waals surface area contributed by atoms with E-state index in [1.54, 1.807) is 0 Å². The quantitative estimate of drug-likeness (QED) is 0.762. The van der Waals surface area contributed by atoms with Gasteiger partial charge in [0.1, 0.15) is 0 Å². The molecule has 1 heterocycles. The number of rotatable bonds is 1. The van der Waals surface area contributed by atoms with Crippen molar-refractivity contribution in [1.82, 2.24) is 5.32 Å². The molecule has 0 radical (unpaired) electrons. The van der Waals surface area contributed by atoms with Crippen LogP contribution in [0.3, 0.4) is 0 Å². The van der Waals surface area contributed by atoms with Crippen molar-refractivity contribution < 1.29 is 26.3 Å². The molecular weight excluding hydrogens is 284 g/mol. The van der Waals surface area contributed by atoms with Gasteiger partial charge in [-0.2, -0.15) is 26.3 Å². The number of alkyl halides is 6. The largest absolute Gasteiger partial charge is 0.416 e. The molecule has 1 aliphatic heterocycles. The molecule has 1 aliphatic rings. The predicted octanol–water partition coefficient (Wildman–Crippen LogP) is 4.31. The molecule has 20 heavy (non-hydrogen) atoms. The lowest BCUT2D eigenvalue weighted by atomic mass is 9.88. The number of benzene rings is 1. The van der Waals surface area contributed by atoms with Gasteiger partial charge in [-0.25, -0.2) is 0 Å². The number of halogens is 6. The zero-order valence-electron chi connectivity index (χ0n) is 10.4. The number of hydrogen-bond acceptors (Lipinski definition) is 1. The highest BCUT2D eigenvalue weighted by atomic mass is 19.4. The summed E-state index contributed by atoms with van der Waals surface area (Å²) in [5.74, 6) is -1.41. The van der Waals surface area contributed by atoms with Gasteiger partial charge in [0.05, 0.1) is 11.5 Å². The third-order valence-corrected chi connectivity index (χ3v) is 3.51. The van der Waals surface area contributed by atoms with Gasteiger partial charge in [0.2, 0.25) is 0 Å². The van der Waals surface area contributed by atoms with Gasteiger partial charge in [-0.15, -0.1) is 0 Å². The topological polar surface area (TPSA) is 12.0 Å². The van der Waals surface area contributed by atoms with Crippen LogP contribution in [0, 0.1) is 5.92 Å². The molecule has 1 nitrogen and oxygen atoms in total. The van der Waals surface area contributed by atoms with Gasteiger partial charge in [0.25, 0.3) is 0 Å². The standard InChI is InChI=1S/C13H13F6N/c14-12(15,16)9-3-1-8(2-4-9)11-7-10(5-6-20-11)13(17,18)19/h1-4,10-11,20H,5-7H2. The van der Waals surface area contributed by atoms with Crippen LogP contribution in [-0.2, 0) is 6.18 Å². The normalized spacial score (nSPS) is 24.7. The minimum absolute atomic E-state index is 0.000630. The smallest absolute Gasteiger partial charge is 0.310 e. The fourth-order valence-electron chi connectivity index (χ4n) is 2.37. The van der Waals surface area contributed by atoms with E-state index in [1.165, 1.54) is 12.1 Å². The first kappa shape index (κ1) is 15.2. The van der Waals surface area contributed by atoms with Crippen molar-refractivity contribution in [2.45, 2.75) is 31.2 Å². The summed E-state index contributed by atoms with van der Waals surface area (Å²) in [7, 11) is 0. The average Bonchev–Trinajstić information content (AvgIpc) is 2.37. The number of piperidine rings is 1. The minimum atomic E-state index is -4.44. The van der Waals surface area contributed by atoms with Crippen LogP contribution >= 0.6 is 0 Å². The van der Waals surface area contributed by atoms with Crippen molar-refractivity contribution in [2.75, 3.05) is 6.54 Å². The minimum Gasteiger partial charge on any atom is -0.310 e. The zero-order valence-corrected chi connectivity index (χ0v) is 10.4. The van der Waals surface area contributed by atoms with Gasteiger partial charge in [0, 0.05) is 6.04 Å². The molecule has 2 rings (SSSR count). The van der Waals surface area contributed by atoms with Gasteiger partial charge in [-0.05, 0) is 37.1 Å². The van der Waals surface area contributed by atoms with E-state index in [2.05, 4.69) is 5.32 Å². The van der Waals surface area contributed by atoms with Gasteiger partial charge in [-0.3, -0.25) is 0 Å². The lowest BCUT2D eigenvalue weighted by Gasteiger charge is -2.32. The maximum absolute atomic E-state index is 12.7. The van der Waals surface area contributed by atoms with Crippen LogP contribution in [-0.4, -0.2) is 12.7 Å². The summed E-state index contributed by atoms with van der Waals surface area (Å²) in [5, 5.41) is 2.91. The van der Waals surface area contributed by atoms with Crippen molar-refractivity contribution in [3.8, 4) is 0 Å². The Balaban J connectivity index is 2.12. The Hall–Kier alpha value is -1.24. The molecule has 0 bridgehead atoms. The Morgan fingerprint density at radius 1 is 0.950 bits per heavy atom. The van der Waals surface area contributed by atoms with Gasteiger partial charge >= 0.3 is 12.4 Å². The van der Waals surface area contributed by atoms with E-state index in [1.807, 2.05) is 0 Å². The first-order valence-electron chi connectivity index (χ1n) is 6.15. The third kappa shape index (κ3) is 3.45. The summed E-state index contributed by atoms with van der Waals surface area (Å²) in [5.41, 5.74) is -0.351. The second-order valence-electron chi connectivity index (χ2n) is 4.89. The summed E-state index contributed by atoms with van der Waals surface area (Å²) in [6, 6.07) is 3.71. The summed E-state index contributed by atoms with van der Waals surface area (Å²) >= 11 is 0. The SMILES string of the molecule is FC(F)(F)c1ccc(C2CC(C(F)(F)F)CCN2)cc1. The third-order valence-electron chi connectivity index (χ3n) is 3.51. The molecule has 0 spiro atoms. The van der Waals surface area contributed by atoms with E-state index in [-0.39, 0.29) is 19.4 Å². The van der Waals surface area contributed by atoms with E-state index in [0.717, 1.165) is 12.1 Å². The molecule has 1 saturated heterocycles.